The van der Waals surface area contributed by atoms with Crippen LogP contribution in [0, 0.1) is 0 Å². The minimum atomic E-state index is -0.371. The van der Waals surface area contributed by atoms with Gasteiger partial charge >= 0.3 is 0 Å². The molecule has 1 N–H and O–H groups in total. The summed E-state index contributed by atoms with van der Waals surface area (Å²) < 4.78 is 5.35. The van der Waals surface area contributed by atoms with Gasteiger partial charge in [0.15, 0.2) is 5.82 Å². The van der Waals surface area contributed by atoms with E-state index in [1.165, 1.54) is 0 Å². The Morgan fingerprint density at radius 1 is 1.15 bits per heavy atom. The van der Waals surface area contributed by atoms with E-state index >= 15 is 0 Å². The molecule has 0 amide bonds. The van der Waals surface area contributed by atoms with Crippen LogP contribution in [0.25, 0.3) is 0 Å². The highest BCUT2D eigenvalue weighted by atomic mass is 16.5. The summed E-state index contributed by atoms with van der Waals surface area (Å²) in [6, 6.07) is 5.87. The Labute approximate surface area is 119 Å². The Balaban J connectivity index is 2.08. The van der Waals surface area contributed by atoms with E-state index in [0.717, 1.165) is 5.69 Å². The van der Waals surface area contributed by atoms with Crippen LogP contribution >= 0.6 is 0 Å². The van der Waals surface area contributed by atoms with Crippen LogP contribution in [-0.4, -0.2) is 15.1 Å². The van der Waals surface area contributed by atoms with Crippen molar-refractivity contribution >= 4 is 0 Å². The number of nitrogens with zero attached hydrogens (tertiary/aromatic N) is 3. The third kappa shape index (κ3) is 3.42. The Hall–Kier alpha value is -1.75. The quantitative estimate of drug-likeness (QED) is 0.928. The molecule has 0 aliphatic heterocycles. The second kappa shape index (κ2) is 5.32. The van der Waals surface area contributed by atoms with Crippen molar-refractivity contribution in [1.82, 2.24) is 20.4 Å². The van der Waals surface area contributed by atoms with Gasteiger partial charge in [0.1, 0.15) is 0 Å². The summed E-state index contributed by atoms with van der Waals surface area (Å²) in [5.41, 5.74) is 0.479. The number of pyridine rings is 1. The Bertz CT molecular complexity index is 555. The molecule has 108 valence electrons. The lowest BCUT2D eigenvalue weighted by molar-refractivity contribution is 0.304. The molecule has 0 unspecified atom stereocenters. The van der Waals surface area contributed by atoms with Crippen LogP contribution in [0.3, 0.4) is 0 Å². The van der Waals surface area contributed by atoms with E-state index < -0.39 is 0 Å². The number of nitrogens with one attached hydrogen (secondary N) is 1. The first-order chi connectivity index (χ1) is 9.29. The van der Waals surface area contributed by atoms with E-state index in [0.29, 0.717) is 18.3 Å². The average Bonchev–Trinajstić information content (AvgIpc) is 2.88. The van der Waals surface area contributed by atoms with Crippen LogP contribution in [0.1, 0.15) is 52.0 Å². The van der Waals surface area contributed by atoms with Crippen LogP contribution in [-0.2, 0) is 17.5 Å². The lowest BCUT2D eigenvalue weighted by Crippen LogP contribution is -2.37. The molecule has 0 aliphatic rings. The molecule has 0 aromatic carbocycles. The van der Waals surface area contributed by atoms with E-state index in [1.807, 2.05) is 32.0 Å². The van der Waals surface area contributed by atoms with Crippen molar-refractivity contribution in [1.29, 1.82) is 0 Å². The molecule has 5 nitrogen and oxygen atoms in total. The van der Waals surface area contributed by atoms with Gasteiger partial charge in [-0.25, -0.2) is 0 Å². The van der Waals surface area contributed by atoms with Gasteiger partial charge in [-0.3, -0.25) is 10.3 Å². The summed E-state index contributed by atoms with van der Waals surface area (Å²) in [5.74, 6) is 1.32. The number of aromatic nitrogens is 3. The zero-order valence-corrected chi connectivity index (χ0v) is 12.8. The molecule has 0 fully saturated rings. The Morgan fingerprint density at radius 2 is 1.90 bits per heavy atom. The minimum absolute atomic E-state index is 0.137. The summed E-state index contributed by atoms with van der Waals surface area (Å²) in [7, 11) is 0. The van der Waals surface area contributed by atoms with Gasteiger partial charge in [0.05, 0.1) is 11.2 Å². The van der Waals surface area contributed by atoms with Gasteiger partial charge in [-0.05, 0) is 26.0 Å². The molecule has 2 aromatic heterocycles. The maximum Gasteiger partial charge on any atom is 0.232 e. The Morgan fingerprint density at radius 3 is 2.45 bits per heavy atom. The fraction of sp³-hybridized carbons (Fsp3) is 0.533. The zero-order chi connectivity index (χ0) is 14.8. The molecule has 2 heterocycles. The fourth-order valence-electron chi connectivity index (χ4n) is 1.68. The predicted octanol–water partition coefficient (Wildman–Crippen LogP) is 2.79. The lowest BCUT2D eigenvalue weighted by atomic mass is 9.97. The Kier molecular flexibility index (Phi) is 3.90. The molecule has 0 atom stereocenters. The van der Waals surface area contributed by atoms with E-state index in [-0.39, 0.29) is 11.0 Å². The van der Waals surface area contributed by atoms with Gasteiger partial charge in [0.2, 0.25) is 5.89 Å². The highest BCUT2D eigenvalue weighted by Crippen LogP contribution is 2.24. The second-order valence-electron chi connectivity index (χ2n) is 6.47. The molecule has 0 saturated heterocycles. The molecule has 2 aromatic rings. The summed E-state index contributed by atoms with van der Waals surface area (Å²) in [6.07, 6.45) is 1.79. The van der Waals surface area contributed by atoms with Crippen LogP contribution in [0.2, 0.25) is 0 Å². The van der Waals surface area contributed by atoms with Crippen LogP contribution < -0.4 is 5.32 Å². The third-order valence-electron chi connectivity index (χ3n) is 3.06. The maximum absolute atomic E-state index is 5.35. The maximum atomic E-state index is 5.35. The number of hydrogen-bond acceptors (Lipinski definition) is 5. The van der Waals surface area contributed by atoms with Crippen molar-refractivity contribution in [3.63, 3.8) is 0 Å². The normalized spacial score (nSPS) is 12.7. The first kappa shape index (κ1) is 14.7. The highest BCUT2D eigenvalue weighted by Gasteiger charge is 2.29. The predicted molar refractivity (Wildman–Crippen MR) is 77.1 cm³/mol. The molecular weight excluding hydrogens is 252 g/mol. The summed E-state index contributed by atoms with van der Waals surface area (Å²) >= 11 is 0. The summed E-state index contributed by atoms with van der Waals surface area (Å²) in [5, 5.41) is 7.51. The average molecular weight is 274 g/mol. The monoisotopic (exact) mass is 274 g/mol. The zero-order valence-electron chi connectivity index (χ0n) is 12.8. The van der Waals surface area contributed by atoms with E-state index in [9.17, 15) is 0 Å². The SMILES string of the molecule is CC(C)(C)c1nc(C(C)(C)NCc2ccccn2)no1. The highest BCUT2D eigenvalue weighted by molar-refractivity contribution is 5.08. The molecule has 0 radical (unpaired) electrons. The van der Waals surface area contributed by atoms with Crippen LogP contribution in [0.4, 0.5) is 0 Å². The summed E-state index contributed by atoms with van der Waals surface area (Å²) in [6.45, 7) is 10.9. The third-order valence-corrected chi connectivity index (χ3v) is 3.06. The molecule has 0 spiro atoms. The summed E-state index contributed by atoms with van der Waals surface area (Å²) in [4.78, 5) is 8.80. The van der Waals surface area contributed by atoms with Gasteiger partial charge in [-0.15, -0.1) is 0 Å². The van der Waals surface area contributed by atoms with Gasteiger partial charge in [-0.2, -0.15) is 4.98 Å². The smallest absolute Gasteiger partial charge is 0.232 e. The second-order valence-corrected chi connectivity index (χ2v) is 6.47. The van der Waals surface area contributed by atoms with E-state index in [1.54, 1.807) is 6.20 Å². The standard InChI is InChI=1S/C15H22N4O/c1-14(2,3)13-18-12(19-20-13)15(4,5)17-10-11-8-6-7-9-16-11/h6-9,17H,10H2,1-5H3. The topological polar surface area (TPSA) is 63.8 Å². The van der Waals surface area contributed by atoms with Crippen molar-refractivity contribution in [3.05, 3.63) is 41.8 Å². The largest absolute Gasteiger partial charge is 0.339 e. The van der Waals surface area contributed by atoms with Gasteiger partial charge in [0.25, 0.3) is 0 Å². The molecule has 2 rings (SSSR count). The van der Waals surface area contributed by atoms with Crippen molar-refractivity contribution in [2.24, 2.45) is 0 Å². The molecule has 0 aliphatic carbocycles. The molecule has 0 bridgehead atoms. The molecule has 20 heavy (non-hydrogen) atoms. The van der Waals surface area contributed by atoms with E-state index in [4.69, 9.17) is 4.52 Å². The van der Waals surface area contributed by atoms with Gasteiger partial charge in [-0.1, -0.05) is 32.0 Å². The lowest BCUT2D eigenvalue weighted by Gasteiger charge is -2.22. The van der Waals surface area contributed by atoms with Crippen molar-refractivity contribution in [3.8, 4) is 0 Å². The van der Waals surface area contributed by atoms with Crippen LogP contribution in [0.15, 0.2) is 28.9 Å². The minimum Gasteiger partial charge on any atom is -0.339 e. The van der Waals surface area contributed by atoms with Crippen molar-refractivity contribution in [2.45, 2.75) is 52.1 Å². The molecule has 5 heteroatoms. The van der Waals surface area contributed by atoms with Crippen molar-refractivity contribution in [2.75, 3.05) is 0 Å². The molecule has 0 saturated carbocycles. The number of rotatable bonds is 4. The van der Waals surface area contributed by atoms with Gasteiger partial charge < -0.3 is 4.52 Å². The molecular formula is C15H22N4O. The van der Waals surface area contributed by atoms with Gasteiger partial charge in [0, 0.05) is 18.2 Å². The number of hydrogen-bond donors (Lipinski definition) is 1. The first-order valence-corrected chi connectivity index (χ1v) is 6.79. The van der Waals surface area contributed by atoms with Crippen LogP contribution in [0.5, 0.6) is 0 Å². The van der Waals surface area contributed by atoms with Crippen molar-refractivity contribution < 1.29 is 4.52 Å². The van der Waals surface area contributed by atoms with E-state index in [2.05, 4.69) is 41.2 Å². The fourth-order valence-corrected chi connectivity index (χ4v) is 1.68. The first-order valence-electron chi connectivity index (χ1n) is 6.79.